The van der Waals surface area contributed by atoms with Crippen LogP contribution in [0.4, 0.5) is 10.1 Å². The zero-order chi connectivity index (χ0) is 17.1. The summed E-state index contributed by atoms with van der Waals surface area (Å²) in [4.78, 5) is 14.0. The molecule has 0 saturated heterocycles. The number of phenolic OH excluding ortho intramolecular Hbond substituents is 2. The second-order valence-electron chi connectivity index (χ2n) is 5.61. The summed E-state index contributed by atoms with van der Waals surface area (Å²) in [7, 11) is 0. The number of hydrogen-bond donors (Lipinski definition) is 2. The molecule has 0 unspecified atom stereocenters. The van der Waals surface area contributed by atoms with Crippen LogP contribution in [0.5, 0.6) is 11.5 Å². The molecule has 0 saturated carbocycles. The Morgan fingerprint density at radius 1 is 1.17 bits per heavy atom. The van der Waals surface area contributed by atoms with E-state index < -0.39 is 11.7 Å². The molecule has 0 aromatic heterocycles. The molecule has 0 spiro atoms. The number of rotatable bonds is 4. The second-order valence-corrected chi connectivity index (χ2v) is 5.61. The van der Waals surface area contributed by atoms with Gasteiger partial charge in [0.05, 0.1) is 5.69 Å². The Hall–Kier alpha value is -2.56. The number of benzene rings is 2. The van der Waals surface area contributed by atoms with Crippen LogP contribution in [0.2, 0.25) is 0 Å². The van der Waals surface area contributed by atoms with Crippen LogP contribution in [0, 0.1) is 5.82 Å². The number of halogens is 1. The van der Waals surface area contributed by atoms with E-state index in [1.807, 2.05) is 13.8 Å². The fourth-order valence-corrected chi connectivity index (χ4v) is 2.46. The number of carbonyl (C=O) groups excluding carboxylic acids is 1. The van der Waals surface area contributed by atoms with Crippen molar-refractivity contribution in [2.45, 2.75) is 26.7 Å². The molecule has 2 rings (SSSR count). The lowest BCUT2D eigenvalue weighted by molar-refractivity contribution is 0.0987. The monoisotopic (exact) mass is 317 g/mol. The average Bonchev–Trinajstić information content (AvgIpc) is 2.49. The molecule has 0 aliphatic heterocycles. The van der Waals surface area contributed by atoms with Gasteiger partial charge < -0.3 is 15.1 Å². The maximum atomic E-state index is 13.3. The lowest BCUT2D eigenvalue weighted by atomic mass is 10.0. The van der Waals surface area contributed by atoms with E-state index in [0.717, 1.165) is 6.07 Å². The van der Waals surface area contributed by atoms with Crippen molar-refractivity contribution in [3.63, 3.8) is 0 Å². The summed E-state index contributed by atoms with van der Waals surface area (Å²) in [5, 5.41) is 20.0. The van der Waals surface area contributed by atoms with Crippen LogP contribution in [0.15, 0.2) is 36.4 Å². The van der Waals surface area contributed by atoms with Gasteiger partial charge in [-0.1, -0.05) is 19.9 Å². The minimum Gasteiger partial charge on any atom is -0.508 e. The Labute approximate surface area is 134 Å². The van der Waals surface area contributed by atoms with Crippen LogP contribution in [-0.4, -0.2) is 22.7 Å². The molecular formula is C18H20FNO3. The topological polar surface area (TPSA) is 60.8 Å². The van der Waals surface area contributed by atoms with Gasteiger partial charge in [-0.2, -0.15) is 0 Å². The minimum absolute atomic E-state index is 0.0180. The summed E-state index contributed by atoms with van der Waals surface area (Å²) in [5.41, 5.74) is 1.12. The van der Waals surface area contributed by atoms with Gasteiger partial charge in [0.1, 0.15) is 17.3 Å². The molecule has 5 heteroatoms. The van der Waals surface area contributed by atoms with Crippen LogP contribution in [0.3, 0.4) is 0 Å². The molecule has 2 N–H and O–H groups in total. The minimum atomic E-state index is -0.496. The van der Waals surface area contributed by atoms with Gasteiger partial charge in [-0.25, -0.2) is 4.39 Å². The number of anilines is 1. The van der Waals surface area contributed by atoms with Crippen molar-refractivity contribution < 1.29 is 19.4 Å². The zero-order valence-electron chi connectivity index (χ0n) is 13.4. The molecule has 0 fully saturated rings. The molecule has 23 heavy (non-hydrogen) atoms. The molecule has 2 aromatic rings. The standard InChI is InChI=1S/C18H20FNO3/c1-4-20(18(23)12-6-5-7-13(19)8-12)15-9-14(11(2)3)16(21)10-17(15)22/h5-11,21-22H,4H2,1-3H3. The lowest BCUT2D eigenvalue weighted by Crippen LogP contribution is -2.30. The Kier molecular flexibility index (Phi) is 4.89. The molecule has 0 bridgehead atoms. The molecule has 2 aromatic carbocycles. The highest BCUT2D eigenvalue weighted by Crippen LogP contribution is 2.37. The number of phenols is 2. The fraction of sp³-hybridized carbons (Fsp3) is 0.278. The van der Waals surface area contributed by atoms with E-state index in [9.17, 15) is 19.4 Å². The van der Waals surface area contributed by atoms with Crippen molar-refractivity contribution in [2.75, 3.05) is 11.4 Å². The molecule has 0 heterocycles. The van der Waals surface area contributed by atoms with Crippen molar-refractivity contribution >= 4 is 11.6 Å². The number of nitrogens with zero attached hydrogens (tertiary/aromatic N) is 1. The first-order valence-corrected chi connectivity index (χ1v) is 7.48. The largest absolute Gasteiger partial charge is 0.508 e. The van der Waals surface area contributed by atoms with Crippen LogP contribution >= 0.6 is 0 Å². The van der Waals surface area contributed by atoms with Crippen molar-refractivity contribution in [1.29, 1.82) is 0 Å². The second kappa shape index (κ2) is 6.69. The fourth-order valence-electron chi connectivity index (χ4n) is 2.46. The van der Waals surface area contributed by atoms with E-state index in [4.69, 9.17) is 0 Å². The highest BCUT2D eigenvalue weighted by Gasteiger charge is 2.22. The Morgan fingerprint density at radius 2 is 1.87 bits per heavy atom. The van der Waals surface area contributed by atoms with E-state index >= 15 is 0 Å². The van der Waals surface area contributed by atoms with Crippen LogP contribution in [-0.2, 0) is 0 Å². The van der Waals surface area contributed by atoms with E-state index in [1.165, 1.54) is 29.2 Å². The summed E-state index contributed by atoms with van der Waals surface area (Å²) in [5.74, 6) is -1.10. The van der Waals surface area contributed by atoms with Gasteiger partial charge in [0.15, 0.2) is 0 Å². The van der Waals surface area contributed by atoms with E-state index in [-0.39, 0.29) is 23.0 Å². The smallest absolute Gasteiger partial charge is 0.258 e. The summed E-state index contributed by atoms with van der Waals surface area (Å²) < 4.78 is 13.3. The van der Waals surface area contributed by atoms with Gasteiger partial charge in [0.2, 0.25) is 0 Å². The predicted octanol–water partition coefficient (Wildman–Crippen LogP) is 4.03. The third kappa shape index (κ3) is 3.44. The quantitative estimate of drug-likeness (QED) is 0.895. The van der Waals surface area contributed by atoms with E-state index in [2.05, 4.69) is 0 Å². The van der Waals surface area contributed by atoms with Crippen molar-refractivity contribution in [2.24, 2.45) is 0 Å². The highest BCUT2D eigenvalue weighted by atomic mass is 19.1. The highest BCUT2D eigenvalue weighted by molar-refractivity contribution is 6.07. The molecule has 122 valence electrons. The molecular weight excluding hydrogens is 297 g/mol. The summed E-state index contributed by atoms with van der Waals surface area (Å²) >= 11 is 0. The Morgan fingerprint density at radius 3 is 2.43 bits per heavy atom. The van der Waals surface area contributed by atoms with Crippen molar-refractivity contribution in [3.8, 4) is 11.5 Å². The SMILES string of the molecule is CCN(C(=O)c1cccc(F)c1)c1cc(C(C)C)c(O)cc1O. The van der Waals surface area contributed by atoms with Gasteiger partial charge in [-0.05, 0) is 42.7 Å². The average molecular weight is 317 g/mol. The summed E-state index contributed by atoms with van der Waals surface area (Å²) in [6.07, 6.45) is 0. The number of carbonyl (C=O) groups is 1. The molecule has 0 radical (unpaired) electrons. The Bertz CT molecular complexity index is 728. The van der Waals surface area contributed by atoms with Crippen molar-refractivity contribution in [3.05, 3.63) is 53.3 Å². The predicted molar refractivity (Wildman–Crippen MR) is 87.6 cm³/mol. The lowest BCUT2D eigenvalue weighted by Gasteiger charge is -2.24. The van der Waals surface area contributed by atoms with Crippen molar-refractivity contribution in [1.82, 2.24) is 0 Å². The third-order valence-electron chi connectivity index (χ3n) is 3.67. The number of hydrogen-bond acceptors (Lipinski definition) is 3. The van der Waals surface area contributed by atoms with Crippen LogP contribution in [0.1, 0.15) is 42.6 Å². The van der Waals surface area contributed by atoms with Gasteiger partial charge in [0.25, 0.3) is 5.91 Å². The van der Waals surface area contributed by atoms with Gasteiger partial charge in [0, 0.05) is 18.2 Å². The first-order valence-electron chi connectivity index (χ1n) is 7.48. The van der Waals surface area contributed by atoms with Gasteiger partial charge in [-0.15, -0.1) is 0 Å². The van der Waals surface area contributed by atoms with Gasteiger partial charge >= 0.3 is 0 Å². The third-order valence-corrected chi connectivity index (χ3v) is 3.67. The zero-order valence-corrected chi connectivity index (χ0v) is 13.4. The summed E-state index contributed by atoms with van der Waals surface area (Å²) in [6.45, 7) is 5.87. The Balaban J connectivity index is 2.49. The number of aromatic hydroxyl groups is 2. The molecule has 0 aliphatic carbocycles. The van der Waals surface area contributed by atoms with E-state index in [0.29, 0.717) is 17.8 Å². The van der Waals surface area contributed by atoms with E-state index in [1.54, 1.807) is 13.0 Å². The summed E-state index contributed by atoms with van der Waals surface area (Å²) in [6, 6.07) is 8.23. The first kappa shape index (κ1) is 16.8. The normalized spacial score (nSPS) is 10.8. The molecule has 0 atom stereocenters. The molecule has 1 amide bonds. The molecule has 4 nitrogen and oxygen atoms in total. The maximum absolute atomic E-state index is 13.3. The van der Waals surface area contributed by atoms with Crippen LogP contribution in [0.25, 0.3) is 0 Å². The van der Waals surface area contributed by atoms with Gasteiger partial charge in [-0.3, -0.25) is 4.79 Å². The van der Waals surface area contributed by atoms with Crippen LogP contribution < -0.4 is 4.90 Å². The number of amides is 1. The molecule has 0 aliphatic rings. The first-order chi connectivity index (χ1) is 10.8. The maximum Gasteiger partial charge on any atom is 0.258 e.